The maximum absolute atomic E-state index is 12.1. The van der Waals surface area contributed by atoms with Crippen molar-refractivity contribution in [3.05, 3.63) is 36.2 Å². The van der Waals surface area contributed by atoms with Crippen molar-refractivity contribution in [1.29, 1.82) is 0 Å². The Hall–Kier alpha value is -1.95. The lowest BCUT2D eigenvalue weighted by Gasteiger charge is -2.33. The third-order valence-electron chi connectivity index (χ3n) is 4.03. The van der Waals surface area contributed by atoms with Crippen molar-refractivity contribution >= 4 is 5.91 Å². The molecule has 0 aliphatic carbocycles. The van der Waals surface area contributed by atoms with Crippen LogP contribution < -0.4 is 5.32 Å². The lowest BCUT2D eigenvalue weighted by atomic mass is 10.1. The Morgan fingerprint density at radius 2 is 2.14 bits per heavy atom. The second-order valence-electron chi connectivity index (χ2n) is 5.54. The predicted molar refractivity (Wildman–Crippen MR) is 79.9 cm³/mol. The number of ether oxygens (including phenoxy) is 2. The van der Waals surface area contributed by atoms with Crippen LogP contribution in [0, 0.1) is 0 Å². The predicted octanol–water partition coefficient (Wildman–Crippen LogP) is 1.81. The molecule has 0 aromatic carbocycles. The molecule has 2 aliphatic heterocycles. The number of piperidine rings is 1. The molecule has 6 nitrogen and oxygen atoms in total. The zero-order chi connectivity index (χ0) is 15.2. The van der Waals surface area contributed by atoms with Gasteiger partial charge in [-0.3, -0.25) is 9.69 Å². The molecule has 0 radical (unpaired) electrons. The zero-order valence-electron chi connectivity index (χ0n) is 12.6. The Bertz CT molecular complexity index is 506. The van der Waals surface area contributed by atoms with Crippen molar-refractivity contribution in [1.82, 2.24) is 10.2 Å². The summed E-state index contributed by atoms with van der Waals surface area (Å²) in [7, 11) is 0. The minimum atomic E-state index is -0.242. The van der Waals surface area contributed by atoms with E-state index in [9.17, 15) is 4.79 Å². The molecule has 1 aromatic heterocycles. The van der Waals surface area contributed by atoms with Crippen molar-refractivity contribution < 1.29 is 18.7 Å². The molecule has 3 heterocycles. The number of hydrogen-bond acceptors (Lipinski definition) is 5. The highest BCUT2D eigenvalue weighted by molar-refractivity contribution is 5.91. The van der Waals surface area contributed by atoms with Crippen molar-refractivity contribution in [2.24, 2.45) is 0 Å². The highest BCUT2D eigenvalue weighted by Gasteiger charge is 2.26. The molecular weight excluding hydrogens is 284 g/mol. The van der Waals surface area contributed by atoms with Gasteiger partial charge < -0.3 is 19.2 Å². The van der Waals surface area contributed by atoms with Gasteiger partial charge in [-0.1, -0.05) is 6.42 Å². The van der Waals surface area contributed by atoms with Crippen LogP contribution in [0.5, 0.6) is 0 Å². The molecule has 0 saturated carbocycles. The van der Waals surface area contributed by atoms with E-state index in [0.29, 0.717) is 19.8 Å². The largest absolute Gasteiger partial charge is 0.494 e. The van der Waals surface area contributed by atoms with Gasteiger partial charge in [-0.2, -0.15) is 0 Å². The summed E-state index contributed by atoms with van der Waals surface area (Å²) < 4.78 is 16.0. The van der Waals surface area contributed by atoms with E-state index < -0.39 is 0 Å². The van der Waals surface area contributed by atoms with Gasteiger partial charge in [0.25, 0.3) is 5.91 Å². The smallest absolute Gasteiger partial charge is 0.289 e. The minimum Gasteiger partial charge on any atom is -0.494 e. The van der Waals surface area contributed by atoms with E-state index >= 15 is 0 Å². The molecule has 0 spiro atoms. The molecule has 22 heavy (non-hydrogen) atoms. The molecule has 120 valence electrons. The minimum absolute atomic E-state index is 0.0596. The highest BCUT2D eigenvalue weighted by Crippen LogP contribution is 2.24. The monoisotopic (exact) mass is 306 g/mol. The number of nitrogens with one attached hydrogen (secondary N) is 1. The van der Waals surface area contributed by atoms with E-state index in [2.05, 4.69) is 10.2 Å². The van der Waals surface area contributed by atoms with Crippen molar-refractivity contribution in [3.8, 4) is 0 Å². The summed E-state index contributed by atoms with van der Waals surface area (Å²) in [5, 5.41) is 2.92. The molecule has 2 aliphatic rings. The third-order valence-corrected chi connectivity index (χ3v) is 4.03. The number of hydrogen-bond donors (Lipinski definition) is 1. The maximum Gasteiger partial charge on any atom is 0.289 e. The molecule has 1 aromatic rings. The van der Waals surface area contributed by atoms with Crippen molar-refractivity contribution in [2.75, 3.05) is 32.8 Å². The topological polar surface area (TPSA) is 63.9 Å². The maximum atomic E-state index is 12.1. The number of rotatable bonds is 5. The Morgan fingerprint density at radius 3 is 2.82 bits per heavy atom. The molecule has 0 bridgehead atoms. The number of amides is 1. The molecule has 1 saturated heterocycles. The van der Waals surface area contributed by atoms with Gasteiger partial charge >= 0.3 is 0 Å². The standard InChI is InChI=1S/C16H22N2O4/c19-16(15-12-20-9-10-22-15)17-11-13(14-5-4-8-21-14)18-6-2-1-3-7-18/h4-5,8,12-13H,1-3,6-7,9-11H2,(H,17,19)/t13-/m1/s1. The van der Waals surface area contributed by atoms with Gasteiger partial charge in [0.2, 0.25) is 5.76 Å². The molecule has 0 unspecified atom stereocenters. The SMILES string of the molecule is O=C(NC[C@H](c1ccco1)N1CCCCC1)C1=COCCO1. The first-order valence-corrected chi connectivity index (χ1v) is 7.85. The van der Waals surface area contributed by atoms with Crippen molar-refractivity contribution in [2.45, 2.75) is 25.3 Å². The molecular formula is C16H22N2O4. The Kier molecular flexibility index (Phi) is 5.00. The normalized spacial score (nSPS) is 20.5. The highest BCUT2D eigenvalue weighted by atomic mass is 16.6. The van der Waals surface area contributed by atoms with Gasteiger partial charge in [-0.05, 0) is 38.1 Å². The molecule has 1 fully saturated rings. The molecule has 1 amide bonds. The summed E-state index contributed by atoms with van der Waals surface area (Å²) >= 11 is 0. The van der Waals surface area contributed by atoms with Gasteiger partial charge in [0, 0.05) is 6.54 Å². The number of furan rings is 1. The fraction of sp³-hybridized carbons (Fsp3) is 0.562. The lowest BCUT2D eigenvalue weighted by Crippen LogP contribution is -2.41. The van der Waals surface area contributed by atoms with Gasteiger partial charge in [0.05, 0.1) is 12.3 Å². The number of carbonyl (C=O) groups is 1. The van der Waals surface area contributed by atoms with Crippen LogP contribution in [-0.4, -0.2) is 43.7 Å². The van der Waals surface area contributed by atoms with Crippen molar-refractivity contribution in [3.63, 3.8) is 0 Å². The van der Waals surface area contributed by atoms with E-state index in [0.717, 1.165) is 18.8 Å². The second kappa shape index (κ2) is 7.35. The molecule has 1 N–H and O–H groups in total. The van der Waals surface area contributed by atoms with E-state index in [-0.39, 0.29) is 17.7 Å². The average Bonchev–Trinajstić information content (AvgIpc) is 3.11. The first kappa shape index (κ1) is 15.0. The molecule has 3 rings (SSSR count). The Morgan fingerprint density at radius 1 is 1.27 bits per heavy atom. The summed E-state index contributed by atoms with van der Waals surface area (Å²) in [6, 6.07) is 3.91. The Labute approximate surface area is 130 Å². The summed E-state index contributed by atoms with van der Waals surface area (Å²) in [6.07, 6.45) is 6.70. The van der Waals surface area contributed by atoms with E-state index in [1.54, 1.807) is 6.26 Å². The van der Waals surface area contributed by atoms with Gasteiger partial charge in [-0.25, -0.2) is 0 Å². The van der Waals surface area contributed by atoms with E-state index in [4.69, 9.17) is 13.9 Å². The molecule has 6 heteroatoms. The number of carbonyl (C=O) groups excluding carboxylic acids is 1. The van der Waals surface area contributed by atoms with Gasteiger partial charge in [0.1, 0.15) is 25.2 Å². The first-order chi connectivity index (χ1) is 10.8. The van der Waals surface area contributed by atoms with Crippen LogP contribution in [0.4, 0.5) is 0 Å². The van der Waals surface area contributed by atoms with Gasteiger partial charge in [0.15, 0.2) is 0 Å². The number of likely N-dealkylation sites (tertiary alicyclic amines) is 1. The average molecular weight is 306 g/mol. The summed E-state index contributed by atoms with van der Waals surface area (Å²) in [6.45, 7) is 3.45. The van der Waals surface area contributed by atoms with Crippen LogP contribution in [0.15, 0.2) is 34.8 Å². The fourth-order valence-corrected chi connectivity index (χ4v) is 2.88. The molecule has 1 atom stereocenters. The fourth-order valence-electron chi connectivity index (χ4n) is 2.88. The third kappa shape index (κ3) is 3.62. The van der Waals surface area contributed by atoms with E-state index in [1.807, 2.05) is 12.1 Å². The first-order valence-electron chi connectivity index (χ1n) is 7.85. The number of nitrogens with zero attached hydrogens (tertiary/aromatic N) is 1. The summed E-state index contributed by atoms with van der Waals surface area (Å²) in [4.78, 5) is 14.5. The van der Waals surface area contributed by atoms with Crippen LogP contribution in [-0.2, 0) is 14.3 Å². The quantitative estimate of drug-likeness (QED) is 0.899. The van der Waals surface area contributed by atoms with Crippen LogP contribution >= 0.6 is 0 Å². The summed E-state index contributed by atoms with van der Waals surface area (Å²) in [5.74, 6) is 0.883. The van der Waals surface area contributed by atoms with Gasteiger partial charge in [-0.15, -0.1) is 0 Å². The Balaban J connectivity index is 1.62. The van der Waals surface area contributed by atoms with Crippen LogP contribution in [0.25, 0.3) is 0 Å². The lowest BCUT2D eigenvalue weighted by molar-refractivity contribution is -0.122. The van der Waals surface area contributed by atoms with Crippen LogP contribution in [0.2, 0.25) is 0 Å². The second-order valence-corrected chi connectivity index (χ2v) is 5.54. The summed E-state index contributed by atoms with van der Waals surface area (Å²) in [5.41, 5.74) is 0. The zero-order valence-corrected chi connectivity index (χ0v) is 12.6. The van der Waals surface area contributed by atoms with E-state index in [1.165, 1.54) is 25.5 Å². The van der Waals surface area contributed by atoms with Crippen LogP contribution in [0.3, 0.4) is 0 Å². The van der Waals surface area contributed by atoms with Crippen LogP contribution in [0.1, 0.15) is 31.1 Å².